The minimum atomic E-state index is -3.75. The number of hydrogen-bond acceptors (Lipinski definition) is 6. The van der Waals surface area contributed by atoms with Crippen LogP contribution in [0.4, 0.5) is 11.4 Å². The number of rotatable bonds is 7. The zero-order chi connectivity index (χ0) is 22.7. The molecule has 1 atom stereocenters. The predicted octanol–water partition coefficient (Wildman–Crippen LogP) is 4.00. The molecule has 32 heavy (non-hydrogen) atoms. The minimum absolute atomic E-state index is 0.120. The molecule has 0 aliphatic carbocycles. The molecule has 1 aliphatic heterocycles. The summed E-state index contributed by atoms with van der Waals surface area (Å²) in [6, 6.07) is 19.7. The van der Waals surface area contributed by atoms with Crippen molar-refractivity contribution in [3.8, 4) is 23.0 Å². The second-order valence-electron chi connectivity index (χ2n) is 7.20. The van der Waals surface area contributed by atoms with E-state index in [9.17, 15) is 13.2 Å². The van der Waals surface area contributed by atoms with Crippen molar-refractivity contribution in [1.29, 1.82) is 0 Å². The third-order valence-electron chi connectivity index (χ3n) is 4.80. The molecule has 1 amide bonds. The van der Waals surface area contributed by atoms with Gasteiger partial charge in [0.25, 0.3) is 0 Å². The van der Waals surface area contributed by atoms with Crippen LogP contribution in [0.5, 0.6) is 23.0 Å². The van der Waals surface area contributed by atoms with Gasteiger partial charge in [0.1, 0.15) is 17.5 Å². The van der Waals surface area contributed by atoms with Gasteiger partial charge in [-0.25, -0.2) is 8.42 Å². The van der Waals surface area contributed by atoms with Gasteiger partial charge in [-0.2, -0.15) is 0 Å². The highest BCUT2D eigenvalue weighted by Gasteiger charge is 2.29. The Balaban J connectivity index is 1.52. The predicted molar refractivity (Wildman–Crippen MR) is 121 cm³/mol. The van der Waals surface area contributed by atoms with Gasteiger partial charge in [0, 0.05) is 11.8 Å². The molecule has 4 rings (SSSR count). The number of nitrogens with zero attached hydrogens (tertiary/aromatic N) is 1. The number of anilines is 2. The smallest absolute Gasteiger partial charge is 0.247 e. The summed E-state index contributed by atoms with van der Waals surface area (Å²) in [4.78, 5) is 12.9. The van der Waals surface area contributed by atoms with Crippen LogP contribution in [-0.2, 0) is 14.8 Å². The van der Waals surface area contributed by atoms with E-state index in [0.29, 0.717) is 34.4 Å². The third-order valence-corrected chi connectivity index (χ3v) is 6.04. The lowest BCUT2D eigenvalue weighted by molar-refractivity contribution is -0.116. The lowest BCUT2D eigenvalue weighted by Crippen LogP contribution is -2.45. The van der Waals surface area contributed by atoms with E-state index in [4.69, 9.17) is 14.2 Å². The van der Waals surface area contributed by atoms with E-state index >= 15 is 0 Å². The number of sulfonamides is 1. The van der Waals surface area contributed by atoms with Gasteiger partial charge in [-0.1, -0.05) is 18.2 Å². The Hall–Kier alpha value is -3.72. The maximum Gasteiger partial charge on any atom is 0.247 e. The summed E-state index contributed by atoms with van der Waals surface area (Å²) in [5, 5.41) is 2.73. The highest BCUT2D eigenvalue weighted by molar-refractivity contribution is 7.92. The van der Waals surface area contributed by atoms with E-state index < -0.39 is 22.0 Å². The van der Waals surface area contributed by atoms with Crippen LogP contribution in [0.3, 0.4) is 0 Å². The largest absolute Gasteiger partial charge is 0.457 e. The number of ether oxygens (including phenoxy) is 3. The zero-order valence-electron chi connectivity index (χ0n) is 17.5. The van der Waals surface area contributed by atoms with E-state index in [2.05, 4.69) is 5.32 Å². The van der Waals surface area contributed by atoms with Gasteiger partial charge in [0.2, 0.25) is 22.7 Å². The quantitative estimate of drug-likeness (QED) is 0.580. The Morgan fingerprint density at radius 2 is 1.62 bits per heavy atom. The standard InChI is InChI=1S/C23H22N2O6S/c1-16(23(26)24-17-8-13-21-22(14-17)30-15-29-21)25(32(2,27)28)18-9-11-20(12-10-18)31-19-6-4-3-5-7-19/h3-14,16H,15H2,1-2H3,(H,24,26). The number of para-hydroxylation sites is 1. The molecule has 0 spiro atoms. The molecule has 0 radical (unpaired) electrons. The van der Waals surface area contributed by atoms with Crippen molar-refractivity contribution in [3.05, 3.63) is 72.8 Å². The highest BCUT2D eigenvalue weighted by Crippen LogP contribution is 2.34. The monoisotopic (exact) mass is 454 g/mol. The minimum Gasteiger partial charge on any atom is -0.457 e. The number of benzene rings is 3. The molecule has 8 nitrogen and oxygen atoms in total. The molecule has 0 aromatic heterocycles. The summed E-state index contributed by atoms with van der Waals surface area (Å²) in [5.74, 6) is 1.83. The molecule has 166 valence electrons. The first kappa shape index (κ1) is 21.5. The summed E-state index contributed by atoms with van der Waals surface area (Å²) >= 11 is 0. The van der Waals surface area contributed by atoms with Gasteiger partial charge >= 0.3 is 0 Å². The maximum absolute atomic E-state index is 12.9. The third kappa shape index (κ3) is 4.78. The van der Waals surface area contributed by atoms with Crippen molar-refractivity contribution in [3.63, 3.8) is 0 Å². The fourth-order valence-electron chi connectivity index (χ4n) is 3.32. The van der Waals surface area contributed by atoms with Crippen LogP contribution >= 0.6 is 0 Å². The molecule has 1 aliphatic rings. The molecule has 0 bridgehead atoms. The van der Waals surface area contributed by atoms with Gasteiger partial charge in [-0.3, -0.25) is 9.10 Å². The summed E-state index contributed by atoms with van der Waals surface area (Å²) in [6.45, 7) is 1.65. The van der Waals surface area contributed by atoms with E-state index in [0.717, 1.165) is 10.6 Å². The van der Waals surface area contributed by atoms with Crippen molar-refractivity contribution in [2.24, 2.45) is 0 Å². The number of carbonyl (C=O) groups excluding carboxylic acids is 1. The number of fused-ring (bicyclic) bond motifs is 1. The van der Waals surface area contributed by atoms with Crippen molar-refractivity contribution < 1.29 is 27.4 Å². The van der Waals surface area contributed by atoms with Crippen molar-refractivity contribution in [2.75, 3.05) is 22.7 Å². The van der Waals surface area contributed by atoms with Crippen molar-refractivity contribution in [2.45, 2.75) is 13.0 Å². The van der Waals surface area contributed by atoms with Crippen LogP contribution in [0.25, 0.3) is 0 Å². The summed E-state index contributed by atoms with van der Waals surface area (Å²) < 4.78 is 42.5. The summed E-state index contributed by atoms with van der Waals surface area (Å²) in [6.07, 6.45) is 1.06. The maximum atomic E-state index is 12.9. The van der Waals surface area contributed by atoms with Crippen LogP contribution in [-0.4, -0.2) is 33.4 Å². The Kier molecular flexibility index (Phi) is 5.91. The van der Waals surface area contributed by atoms with Gasteiger partial charge < -0.3 is 19.5 Å². The zero-order valence-corrected chi connectivity index (χ0v) is 18.3. The molecular weight excluding hydrogens is 432 g/mol. The molecule has 0 fully saturated rings. The molecule has 1 heterocycles. The number of nitrogens with one attached hydrogen (secondary N) is 1. The highest BCUT2D eigenvalue weighted by atomic mass is 32.2. The van der Waals surface area contributed by atoms with Crippen LogP contribution < -0.4 is 23.8 Å². The number of amides is 1. The Morgan fingerprint density at radius 3 is 2.31 bits per heavy atom. The molecule has 1 unspecified atom stereocenters. The molecular formula is C23H22N2O6S. The normalized spacial score (nSPS) is 13.3. The lowest BCUT2D eigenvalue weighted by Gasteiger charge is -2.28. The van der Waals surface area contributed by atoms with Gasteiger partial charge in [-0.15, -0.1) is 0 Å². The molecule has 3 aromatic rings. The van der Waals surface area contributed by atoms with Gasteiger partial charge in [0.15, 0.2) is 11.5 Å². The van der Waals surface area contributed by atoms with E-state index in [1.807, 2.05) is 30.3 Å². The summed E-state index contributed by atoms with van der Waals surface area (Å²) in [5.41, 5.74) is 0.826. The fraction of sp³-hybridized carbons (Fsp3) is 0.174. The van der Waals surface area contributed by atoms with Crippen molar-refractivity contribution >= 4 is 27.3 Å². The first-order chi connectivity index (χ1) is 15.3. The molecule has 1 N–H and O–H groups in total. The average Bonchev–Trinajstić information content (AvgIpc) is 3.23. The first-order valence-corrected chi connectivity index (χ1v) is 11.7. The molecule has 0 saturated carbocycles. The topological polar surface area (TPSA) is 94.2 Å². The Morgan fingerprint density at radius 1 is 0.969 bits per heavy atom. The van der Waals surface area contributed by atoms with Crippen LogP contribution in [0.1, 0.15) is 6.92 Å². The number of hydrogen-bond donors (Lipinski definition) is 1. The Bertz CT molecular complexity index is 1210. The number of carbonyl (C=O) groups is 1. The van der Waals surface area contributed by atoms with Gasteiger partial charge in [-0.05, 0) is 55.5 Å². The van der Waals surface area contributed by atoms with Crippen molar-refractivity contribution in [1.82, 2.24) is 0 Å². The van der Waals surface area contributed by atoms with E-state index in [1.54, 1.807) is 42.5 Å². The second kappa shape index (κ2) is 8.80. The van der Waals surface area contributed by atoms with E-state index in [1.165, 1.54) is 6.92 Å². The average molecular weight is 455 g/mol. The molecule has 9 heteroatoms. The van der Waals surface area contributed by atoms with E-state index in [-0.39, 0.29) is 6.79 Å². The van der Waals surface area contributed by atoms with Crippen LogP contribution in [0.2, 0.25) is 0 Å². The summed E-state index contributed by atoms with van der Waals surface area (Å²) in [7, 11) is -3.75. The first-order valence-electron chi connectivity index (χ1n) is 9.84. The van der Waals surface area contributed by atoms with Crippen LogP contribution in [0, 0.1) is 0 Å². The van der Waals surface area contributed by atoms with Crippen LogP contribution in [0.15, 0.2) is 72.8 Å². The lowest BCUT2D eigenvalue weighted by atomic mass is 10.2. The SMILES string of the molecule is CC(C(=O)Nc1ccc2c(c1)OCO2)N(c1ccc(Oc2ccccc2)cc1)S(C)(=O)=O. The molecule has 3 aromatic carbocycles. The second-order valence-corrected chi connectivity index (χ2v) is 9.06. The molecule has 0 saturated heterocycles. The fourth-order valence-corrected chi connectivity index (χ4v) is 4.49. The Labute approximate surface area is 186 Å². The van der Waals surface area contributed by atoms with Gasteiger partial charge in [0.05, 0.1) is 11.9 Å².